The van der Waals surface area contributed by atoms with Crippen molar-refractivity contribution in [2.24, 2.45) is 0 Å². The molecular weight excluding hydrogens is 385 g/mol. The van der Waals surface area contributed by atoms with E-state index in [1.807, 2.05) is 25.1 Å². The first-order valence-electron chi connectivity index (χ1n) is 6.54. The summed E-state index contributed by atoms with van der Waals surface area (Å²) in [6, 6.07) is 14.5. The SMILES string of the molecule is CCOc1ccc(NC(C)c2ccc(I)cc2)cc1Cl. The van der Waals surface area contributed by atoms with Gasteiger partial charge in [-0.2, -0.15) is 0 Å². The van der Waals surface area contributed by atoms with Crippen molar-refractivity contribution in [3.05, 3.63) is 56.6 Å². The van der Waals surface area contributed by atoms with Crippen LogP contribution in [0.3, 0.4) is 0 Å². The summed E-state index contributed by atoms with van der Waals surface area (Å²) in [5.41, 5.74) is 2.24. The zero-order valence-electron chi connectivity index (χ0n) is 11.5. The van der Waals surface area contributed by atoms with Crippen LogP contribution in [0, 0.1) is 3.57 Å². The molecule has 1 N–H and O–H groups in total. The predicted molar refractivity (Wildman–Crippen MR) is 93.8 cm³/mol. The number of ether oxygens (including phenoxy) is 1. The Morgan fingerprint density at radius 3 is 2.50 bits per heavy atom. The van der Waals surface area contributed by atoms with E-state index in [1.165, 1.54) is 9.13 Å². The third kappa shape index (κ3) is 4.03. The van der Waals surface area contributed by atoms with E-state index in [0.717, 1.165) is 11.4 Å². The molecule has 0 aliphatic heterocycles. The van der Waals surface area contributed by atoms with Crippen molar-refractivity contribution in [2.45, 2.75) is 19.9 Å². The Hall–Kier alpha value is -0.940. The van der Waals surface area contributed by atoms with E-state index in [9.17, 15) is 0 Å². The minimum Gasteiger partial charge on any atom is -0.492 e. The molecule has 2 aromatic carbocycles. The zero-order valence-corrected chi connectivity index (χ0v) is 14.4. The smallest absolute Gasteiger partial charge is 0.138 e. The van der Waals surface area contributed by atoms with Gasteiger partial charge in [0.15, 0.2) is 0 Å². The first-order valence-corrected chi connectivity index (χ1v) is 8.00. The summed E-state index contributed by atoms with van der Waals surface area (Å²) in [5, 5.41) is 4.08. The first kappa shape index (κ1) is 15.4. The van der Waals surface area contributed by atoms with Gasteiger partial charge in [-0.1, -0.05) is 23.7 Å². The molecule has 0 radical (unpaired) electrons. The van der Waals surface area contributed by atoms with Gasteiger partial charge in [0, 0.05) is 15.3 Å². The molecule has 0 saturated heterocycles. The summed E-state index contributed by atoms with van der Waals surface area (Å²) in [6.45, 7) is 4.69. The third-order valence-corrected chi connectivity index (χ3v) is 4.00. The van der Waals surface area contributed by atoms with Crippen molar-refractivity contribution in [3.8, 4) is 5.75 Å². The third-order valence-electron chi connectivity index (χ3n) is 2.98. The second-order valence-corrected chi connectivity index (χ2v) is 6.15. The monoisotopic (exact) mass is 401 g/mol. The van der Waals surface area contributed by atoms with E-state index in [4.69, 9.17) is 16.3 Å². The van der Waals surface area contributed by atoms with Crippen LogP contribution in [0.2, 0.25) is 5.02 Å². The minimum absolute atomic E-state index is 0.223. The molecule has 0 aliphatic rings. The molecule has 0 amide bonds. The van der Waals surface area contributed by atoms with Crippen LogP contribution in [-0.4, -0.2) is 6.61 Å². The van der Waals surface area contributed by atoms with Crippen LogP contribution in [0.4, 0.5) is 5.69 Å². The van der Waals surface area contributed by atoms with E-state index in [0.29, 0.717) is 11.6 Å². The second kappa shape index (κ2) is 7.18. The van der Waals surface area contributed by atoms with Crippen LogP contribution in [0.15, 0.2) is 42.5 Å². The fraction of sp³-hybridized carbons (Fsp3) is 0.250. The van der Waals surface area contributed by atoms with Crippen LogP contribution in [-0.2, 0) is 0 Å². The zero-order chi connectivity index (χ0) is 14.5. The Balaban J connectivity index is 2.09. The van der Waals surface area contributed by atoms with Gasteiger partial charge in [0.1, 0.15) is 5.75 Å². The van der Waals surface area contributed by atoms with E-state index < -0.39 is 0 Å². The number of anilines is 1. The summed E-state index contributed by atoms with van der Waals surface area (Å²) in [5.74, 6) is 0.724. The van der Waals surface area contributed by atoms with Gasteiger partial charge in [-0.05, 0) is 72.3 Å². The quantitative estimate of drug-likeness (QED) is 0.666. The minimum atomic E-state index is 0.223. The van der Waals surface area contributed by atoms with E-state index in [1.54, 1.807) is 0 Å². The van der Waals surface area contributed by atoms with Gasteiger partial charge in [-0.25, -0.2) is 0 Å². The average Bonchev–Trinajstić information content (AvgIpc) is 2.42. The lowest BCUT2D eigenvalue weighted by Gasteiger charge is -2.17. The largest absolute Gasteiger partial charge is 0.492 e. The van der Waals surface area contributed by atoms with E-state index >= 15 is 0 Å². The Bertz CT molecular complexity index is 571. The molecule has 0 spiro atoms. The van der Waals surface area contributed by atoms with Gasteiger partial charge in [0.2, 0.25) is 0 Å². The fourth-order valence-electron chi connectivity index (χ4n) is 1.95. The number of hydrogen-bond donors (Lipinski definition) is 1. The standard InChI is InChI=1S/C16H17ClINO/c1-3-20-16-9-8-14(10-15(16)17)19-11(2)12-4-6-13(18)7-5-12/h4-11,19H,3H2,1-2H3. The molecule has 2 rings (SSSR count). The number of halogens is 2. The topological polar surface area (TPSA) is 21.3 Å². The highest BCUT2D eigenvalue weighted by molar-refractivity contribution is 14.1. The van der Waals surface area contributed by atoms with Crippen LogP contribution in [0.5, 0.6) is 5.75 Å². The van der Waals surface area contributed by atoms with Gasteiger partial charge in [0.05, 0.1) is 11.6 Å². The predicted octanol–water partition coefficient (Wildman–Crippen LogP) is 5.52. The number of nitrogens with one attached hydrogen (secondary N) is 1. The van der Waals surface area contributed by atoms with E-state index in [2.05, 4.69) is 59.1 Å². The molecule has 106 valence electrons. The fourth-order valence-corrected chi connectivity index (χ4v) is 2.54. The molecule has 0 bridgehead atoms. The van der Waals surface area contributed by atoms with Crippen LogP contribution in [0.1, 0.15) is 25.5 Å². The second-order valence-electron chi connectivity index (χ2n) is 4.50. The van der Waals surface area contributed by atoms with Crippen molar-refractivity contribution in [1.29, 1.82) is 0 Å². The maximum Gasteiger partial charge on any atom is 0.138 e. The normalized spacial score (nSPS) is 12.0. The summed E-state index contributed by atoms with van der Waals surface area (Å²) < 4.78 is 6.67. The Morgan fingerprint density at radius 1 is 1.20 bits per heavy atom. The molecule has 4 heteroatoms. The lowest BCUT2D eigenvalue weighted by Crippen LogP contribution is -2.06. The molecule has 20 heavy (non-hydrogen) atoms. The lowest BCUT2D eigenvalue weighted by molar-refractivity contribution is 0.340. The molecule has 0 aromatic heterocycles. The maximum atomic E-state index is 6.19. The van der Waals surface area contributed by atoms with Crippen molar-refractivity contribution in [2.75, 3.05) is 11.9 Å². The summed E-state index contributed by atoms with van der Waals surface area (Å²) >= 11 is 8.50. The van der Waals surface area contributed by atoms with Gasteiger partial charge in [-0.3, -0.25) is 0 Å². The van der Waals surface area contributed by atoms with Crippen molar-refractivity contribution in [3.63, 3.8) is 0 Å². The highest BCUT2D eigenvalue weighted by atomic mass is 127. The van der Waals surface area contributed by atoms with Crippen LogP contribution in [0.25, 0.3) is 0 Å². The highest BCUT2D eigenvalue weighted by Gasteiger charge is 2.07. The number of hydrogen-bond acceptors (Lipinski definition) is 2. The van der Waals surface area contributed by atoms with Crippen molar-refractivity contribution in [1.82, 2.24) is 0 Å². The van der Waals surface area contributed by atoms with Crippen molar-refractivity contribution < 1.29 is 4.74 Å². The summed E-state index contributed by atoms with van der Waals surface area (Å²) in [6.07, 6.45) is 0. The average molecular weight is 402 g/mol. The molecule has 1 unspecified atom stereocenters. The number of benzene rings is 2. The molecule has 2 nitrogen and oxygen atoms in total. The van der Waals surface area contributed by atoms with Gasteiger partial charge < -0.3 is 10.1 Å². The van der Waals surface area contributed by atoms with Crippen molar-refractivity contribution >= 4 is 39.9 Å². The summed E-state index contributed by atoms with van der Waals surface area (Å²) in [4.78, 5) is 0. The molecule has 0 aliphatic carbocycles. The van der Waals surface area contributed by atoms with Crippen LogP contribution < -0.4 is 10.1 Å². The highest BCUT2D eigenvalue weighted by Crippen LogP contribution is 2.29. The molecule has 0 fully saturated rings. The lowest BCUT2D eigenvalue weighted by atomic mass is 10.1. The van der Waals surface area contributed by atoms with Gasteiger partial charge >= 0.3 is 0 Å². The van der Waals surface area contributed by atoms with Crippen LogP contribution >= 0.6 is 34.2 Å². The van der Waals surface area contributed by atoms with E-state index in [-0.39, 0.29) is 6.04 Å². The maximum absolute atomic E-state index is 6.19. The number of rotatable bonds is 5. The molecule has 0 saturated carbocycles. The Kier molecular flexibility index (Phi) is 5.54. The summed E-state index contributed by atoms with van der Waals surface area (Å²) in [7, 11) is 0. The molecule has 1 atom stereocenters. The molecule has 0 heterocycles. The Labute approximate surface area is 138 Å². The van der Waals surface area contributed by atoms with Gasteiger partial charge in [0.25, 0.3) is 0 Å². The molecule has 2 aromatic rings. The first-order chi connectivity index (χ1) is 9.60. The van der Waals surface area contributed by atoms with Gasteiger partial charge in [-0.15, -0.1) is 0 Å². The Morgan fingerprint density at radius 2 is 1.90 bits per heavy atom. The molecular formula is C16H17ClINO.